The molecule has 1 heterocycles. The first-order chi connectivity index (χ1) is 8.95. The summed E-state index contributed by atoms with van der Waals surface area (Å²) in [5, 5.41) is 15.4. The van der Waals surface area contributed by atoms with Crippen LogP contribution >= 0.6 is 23.2 Å². The summed E-state index contributed by atoms with van der Waals surface area (Å²) in [4.78, 5) is 11.5. The third-order valence-corrected chi connectivity index (χ3v) is 3.35. The molecule has 0 aromatic carbocycles. The van der Waals surface area contributed by atoms with Gasteiger partial charge in [0.05, 0.1) is 24.3 Å². The van der Waals surface area contributed by atoms with Gasteiger partial charge in [0.2, 0.25) is 0 Å². The van der Waals surface area contributed by atoms with Crippen LogP contribution in [-0.4, -0.2) is 42.1 Å². The molecule has 1 aromatic heterocycles. The van der Waals surface area contributed by atoms with Gasteiger partial charge in [0, 0.05) is 26.4 Å². The monoisotopic (exact) mass is 309 g/mol. The van der Waals surface area contributed by atoms with Gasteiger partial charge in [-0.1, -0.05) is 23.2 Å². The molecule has 1 atom stereocenters. The summed E-state index contributed by atoms with van der Waals surface area (Å²) in [7, 11) is 3.23. The number of nitrogens with zero attached hydrogens (tertiary/aromatic N) is 1. The van der Waals surface area contributed by atoms with Crippen molar-refractivity contribution in [2.24, 2.45) is 7.05 Å². The van der Waals surface area contributed by atoms with Crippen LogP contribution in [0.25, 0.3) is 0 Å². The van der Waals surface area contributed by atoms with E-state index in [-0.39, 0.29) is 25.7 Å². The van der Waals surface area contributed by atoms with Crippen molar-refractivity contribution in [3.63, 3.8) is 0 Å². The molecule has 108 valence electrons. The zero-order valence-corrected chi connectivity index (χ0v) is 12.3. The van der Waals surface area contributed by atoms with Crippen molar-refractivity contribution in [3.05, 3.63) is 21.9 Å². The second kappa shape index (κ2) is 7.59. The molecule has 0 saturated heterocycles. The van der Waals surface area contributed by atoms with Gasteiger partial charge in [-0.25, -0.2) is 4.79 Å². The van der Waals surface area contributed by atoms with Crippen LogP contribution < -0.4 is 10.6 Å². The highest BCUT2D eigenvalue weighted by Crippen LogP contribution is 2.24. The summed E-state index contributed by atoms with van der Waals surface area (Å²) in [6.45, 7) is 0.576. The van der Waals surface area contributed by atoms with E-state index >= 15 is 0 Å². The van der Waals surface area contributed by atoms with Gasteiger partial charge in [0.25, 0.3) is 0 Å². The van der Waals surface area contributed by atoms with Crippen LogP contribution in [0, 0.1) is 0 Å². The number of halogens is 2. The zero-order chi connectivity index (χ0) is 14.4. The number of rotatable bonds is 6. The Morgan fingerprint density at radius 1 is 1.53 bits per heavy atom. The van der Waals surface area contributed by atoms with E-state index in [9.17, 15) is 9.90 Å². The minimum atomic E-state index is -0.727. The molecule has 6 nitrogen and oxygen atoms in total. The van der Waals surface area contributed by atoms with Gasteiger partial charge < -0.3 is 25.0 Å². The first kappa shape index (κ1) is 16.1. The van der Waals surface area contributed by atoms with Gasteiger partial charge in [0.15, 0.2) is 0 Å². The summed E-state index contributed by atoms with van der Waals surface area (Å²) in [5.74, 6) is 0. The van der Waals surface area contributed by atoms with Crippen molar-refractivity contribution in [2.75, 3.05) is 20.3 Å². The van der Waals surface area contributed by atoms with E-state index in [1.807, 2.05) is 0 Å². The predicted molar refractivity (Wildman–Crippen MR) is 73.6 cm³/mol. The minimum Gasteiger partial charge on any atom is -0.389 e. The molecule has 1 aromatic rings. The minimum absolute atomic E-state index is 0.119. The maximum Gasteiger partial charge on any atom is 0.315 e. The lowest BCUT2D eigenvalue weighted by Crippen LogP contribution is -2.40. The maximum absolute atomic E-state index is 11.5. The number of ether oxygens (including phenoxy) is 1. The Hall–Kier alpha value is -0.950. The fourth-order valence-corrected chi connectivity index (χ4v) is 1.87. The lowest BCUT2D eigenvalue weighted by Gasteiger charge is -2.12. The van der Waals surface area contributed by atoms with Gasteiger partial charge in [0.1, 0.15) is 5.15 Å². The number of nitrogens with one attached hydrogen (secondary N) is 2. The van der Waals surface area contributed by atoms with Crippen LogP contribution in [0.4, 0.5) is 4.79 Å². The zero-order valence-electron chi connectivity index (χ0n) is 10.7. The first-order valence-electron chi connectivity index (χ1n) is 5.64. The van der Waals surface area contributed by atoms with Gasteiger partial charge >= 0.3 is 6.03 Å². The number of amides is 2. The summed E-state index contributed by atoms with van der Waals surface area (Å²) < 4.78 is 6.43. The van der Waals surface area contributed by atoms with E-state index in [2.05, 4.69) is 10.6 Å². The van der Waals surface area contributed by atoms with Crippen molar-refractivity contribution in [3.8, 4) is 0 Å². The molecule has 0 fully saturated rings. The van der Waals surface area contributed by atoms with E-state index in [0.29, 0.717) is 10.2 Å². The van der Waals surface area contributed by atoms with E-state index in [0.717, 1.165) is 5.69 Å². The SMILES string of the molecule is COCC(O)CNC(=O)NCc1cc(Cl)c(Cl)n1C. The van der Waals surface area contributed by atoms with E-state index in [4.69, 9.17) is 27.9 Å². The normalized spacial score (nSPS) is 12.3. The number of carbonyl (C=O) groups is 1. The van der Waals surface area contributed by atoms with Gasteiger partial charge in [-0.15, -0.1) is 0 Å². The van der Waals surface area contributed by atoms with Crippen LogP contribution in [0.15, 0.2) is 6.07 Å². The highest BCUT2D eigenvalue weighted by molar-refractivity contribution is 6.41. The average molecular weight is 310 g/mol. The summed E-state index contributed by atoms with van der Waals surface area (Å²) in [5.41, 5.74) is 0.780. The largest absolute Gasteiger partial charge is 0.389 e. The number of methoxy groups -OCH3 is 1. The predicted octanol–water partition coefficient (Wildman–Crippen LogP) is 1.14. The van der Waals surface area contributed by atoms with E-state index in [1.54, 1.807) is 17.7 Å². The van der Waals surface area contributed by atoms with Crippen molar-refractivity contribution in [2.45, 2.75) is 12.6 Å². The average Bonchev–Trinajstić information content (AvgIpc) is 2.62. The van der Waals surface area contributed by atoms with Crippen molar-refractivity contribution in [1.82, 2.24) is 15.2 Å². The van der Waals surface area contributed by atoms with Crippen molar-refractivity contribution < 1.29 is 14.6 Å². The van der Waals surface area contributed by atoms with Crippen molar-refractivity contribution >= 4 is 29.2 Å². The quantitative estimate of drug-likeness (QED) is 0.737. The molecule has 3 N–H and O–H groups in total. The smallest absolute Gasteiger partial charge is 0.315 e. The number of aliphatic hydroxyl groups is 1. The second-order valence-electron chi connectivity index (χ2n) is 4.01. The molecule has 0 radical (unpaired) electrons. The highest BCUT2D eigenvalue weighted by Gasteiger charge is 2.10. The van der Waals surface area contributed by atoms with Crippen molar-refractivity contribution in [1.29, 1.82) is 0 Å². The Kier molecular flexibility index (Phi) is 6.44. The number of hydrogen-bond donors (Lipinski definition) is 3. The highest BCUT2D eigenvalue weighted by atomic mass is 35.5. The Morgan fingerprint density at radius 2 is 2.21 bits per heavy atom. The lowest BCUT2D eigenvalue weighted by atomic mass is 10.4. The molecule has 2 amide bonds. The molecule has 0 bridgehead atoms. The Bertz CT molecular complexity index is 437. The van der Waals surface area contributed by atoms with Gasteiger partial charge in [-0.2, -0.15) is 0 Å². The van der Waals surface area contributed by atoms with E-state index in [1.165, 1.54) is 7.11 Å². The summed E-state index contributed by atoms with van der Waals surface area (Å²) in [6, 6.07) is 1.30. The molecule has 0 spiro atoms. The van der Waals surface area contributed by atoms with Crippen LogP contribution in [-0.2, 0) is 18.3 Å². The standard InChI is InChI=1S/C11H17Cl2N3O3/c1-16-7(3-9(12)10(16)13)4-14-11(18)15-5-8(17)6-19-2/h3,8,17H,4-6H2,1-2H3,(H2,14,15,18). The van der Waals surface area contributed by atoms with Crippen LogP contribution in [0.3, 0.4) is 0 Å². The van der Waals surface area contributed by atoms with Crippen LogP contribution in [0.2, 0.25) is 10.2 Å². The second-order valence-corrected chi connectivity index (χ2v) is 4.77. The molecule has 0 aliphatic rings. The number of hydrogen-bond acceptors (Lipinski definition) is 3. The fraction of sp³-hybridized carbons (Fsp3) is 0.545. The first-order valence-corrected chi connectivity index (χ1v) is 6.39. The number of aromatic nitrogens is 1. The molecule has 0 saturated carbocycles. The van der Waals surface area contributed by atoms with Crippen LogP contribution in [0.5, 0.6) is 0 Å². The van der Waals surface area contributed by atoms with Crippen LogP contribution in [0.1, 0.15) is 5.69 Å². The number of aliphatic hydroxyl groups excluding tert-OH is 1. The molecular weight excluding hydrogens is 293 g/mol. The molecule has 1 unspecified atom stereocenters. The molecular formula is C11H17Cl2N3O3. The summed E-state index contributed by atoms with van der Waals surface area (Å²) in [6.07, 6.45) is -0.727. The number of urea groups is 1. The number of carbonyl (C=O) groups excluding carboxylic acids is 1. The molecule has 0 aliphatic carbocycles. The van der Waals surface area contributed by atoms with E-state index < -0.39 is 6.10 Å². The molecule has 19 heavy (non-hydrogen) atoms. The Labute approximate surface area is 121 Å². The molecule has 8 heteroatoms. The third kappa shape index (κ3) is 4.91. The molecule has 0 aliphatic heterocycles. The lowest BCUT2D eigenvalue weighted by molar-refractivity contribution is 0.0660. The Balaban J connectivity index is 2.36. The maximum atomic E-state index is 11.5. The molecule has 1 rings (SSSR count). The Morgan fingerprint density at radius 3 is 2.74 bits per heavy atom. The fourth-order valence-electron chi connectivity index (χ4n) is 1.45. The van der Waals surface area contributed by atoms with Gasteiger partial charge in [-0.3, -0.25) is 0 Å². The summed E-state index contributed by atoms with van der Waals surface area (Å²) >= 11 is 11.8. The topological polar surface area (TPSA) is 75.5 Å². The third-order valence-electron chi connectivity index (χ3n) is 2.50. The van der Waals surface area contributed by atoms with Gasteiger partial charge in [-0.05, 0) is 6.07 Å².